The summed E-state index contributed by atoms with van der Waals surface area (Å²) in [7, 11) is -4.44. The minimum Gasteiger partial charge on any atom is -0.387 e. The van der Waals surface area contributed by atoms with Crippen molar-refractivity contribution in [3.63, 3.8) is 0 Å². The molecule has 294 valence electrons. The van der Waals surface area contributed by atoms with Crippen LogP contribution in [0.1, 0.15) is 200 Å². The second-order valence-corrected chi connectivity index (χ2v) is 15.9. The largest absolute Gasteiger partial charge is 0.387 e. The lowest BCUT2D eigenvalue weighted by atomic mass is 10.0. The van der Waals surface area contributed by atoms with Crippen LogP contribution in [0.3, 0.4) is 0 Å². The molecule has 7 nitrogen and oxygen atoms in total. The van der Waals surface area contributed by atoms with Crippen molar-refractivity contribution >= 4 is 16.0 Å². The zero-order chi connectivity index (χ0) is 37.0. The molecule has 0 radical (unpaired) electrons. The van der Waals surface area contributed by atoms with Crippen LogP contribution >= 0.6 is 0 Å². The molecule has 1 amide bonds. The summed E-state index contributed by atoms with van der Waals surface area (Å²) < 4.78 is 32.5. The standard InChI is InChI=1S/C42H79NO6S/c1-3-5-7-9-11-13-15-17-19-20-21-22-23-25-26-28-30-32-34-36-40(44)39(38-50(47,48)49)43-42(46)41(45)37-35-33-31-29-27-24-18-16-14-12-10-8-6-4-2/h12,14,16,18,34,36,39-41,44-45H,3-11,13,15,17,19-33,35,37-38H2,1-2H3,(H,43,46)(H,47,48,49)/b14-12-,18-16-,36-34+. The van der Waals surface area contributed by atoms with Gasteiger partial charge >= 0.3 is 0 Å². The van der Waals surface area contributed by atoms with Crippen LogP contribution in [-0.2, 0) is 14.9 Å². The van der Waals surface area contributed by atoms with Gasteiger partial charge in [0.2, 0.25) is 5.91 Å². The van der Waals surface area contributed by atoms with E-state index in [9.17, 15) is 28.0 Å². The molecule has 0 aliphatic carbocycles. The maximum atomic E-state index is 12.6. The Morgan fingerprint density at radius 2 is 0.920 bits per heavy atom. The Labute approximate surface area is 309 Å². The molecule has 0 spiro atoms. The Kier molecular flexibility index (Phi) is 34.8. The van der Waals surface area contributed by atoms with Gasteiger partial charge < -0.3 is 15.5 Å². The quantitative estimate of drug-likeness (QED) is 0.0219. The van der Waals surface area contributed by atoms with E-state index >= 15 is 0 Å². The lowest BCUT2D eigenvalue weighted by Crippen LogP contribution is -2.50. The summed E-state index contributed by atoms with van der Waals surface area (Å²) in [6.45, 7) is 4.48. The van der Waals surface area contributed by atoms with Crippen molar-refractivity contribution in [3.05, 3.63) is 36.5 Å². The minimum absolute atomic E-state index is 0.262. The van der Waals surface area contributed by atoms with Crippen LogP contribution in [-0.4, -0.2) is 53.1 Å². The lowest BCUT2D eigenvalue weighted by molar-refractivity contribution is -0.130. The van der Waals surface area contributed by atoms with Crippen molar-refractivity contribution in [2.24, 2.45) is 0 Å². The van der Waals surface area contributed by atoms with Crippen LogP contribution in [0.25, 0.3) is 0 Å². The van der Waals surface area contributed by atoms with E-state index in [0.717, 1.165) is 57.8 Å². The molecule has 0 bridgehead atoms. The van der Waals surface area contributed by atoms with Crippen molar-refractivity contribution in [1.82, 2.24) is 5.32 Å². The molecule has 0 saturated heterocycles. The molecule has 8 heteroatoms. The summed E-state index contributed by atoms with van der Waals surface area (Å²) in [6.07, 6.45) is 43.4. The molecule has 4 N–H and O–H groups in total. The maximum absolute atomic E-state index is 12.6. The number of aliphatic hydroxyl groups excluding tert-OH is 2. The van der Waals surface area contributed by atoms with Gasteiger partial charge in [0.1, 0.15) is 6.10 Å². The van der Waals surface area contributed by atoms with Crippen LogP contribution in [0.2, 0.25) is 0 Å². The fourth-order valence-electron chi connectivity index (χ4n) is 6.21. The molecule has 0 fully saturated rings. The SMILES string of the molecule is CCCCC/C=C\C=C/CCCCCCCC(O)C(=O)NC(CS(=O)(=O)O)C(O)/C=C/CCCCCCCCCCCCCCCCCCC. The molecule has 0 aliphatic heterocycles. The smallest absolute Gasteiger partial charge is 0.267 e. The molecule has 0 aromatic heterocycles. The van der Waals surface area contributed by atoms with Crippen molar-refractivity contribution < 1.29 is 28.0 Å². The van der Waals surface area contributed by atoms with Gasteiger partial charge in [0.15, 0.2) is 0 Å². The third kappa shape index (κ3) is 34.9. The van der Waals surface area contributed by atoms with Gasteiger partial charge in [0, 0.05) is 0 Å². The Morgan fingerprint density at radius 1 is 0.560 bits per heavy atom. The van der Waals surface area contributed by atoms with Crippen molar-refractivity contribution in [2.45, 2.75) is 218 Å². The first-order valence-corrected chi connectivity index (χ1v) is 22.4. The van der Waals surface area contributed by atoms with Crippen LogP contribution in [0.15, 0.2) is 36.5 Å². The van der Waals surface area contributed by atoms with Crippen molar-refractivity contribution in [2.75, 3.05) is 5.75 Å². The molecular weight excluding hydrogens is 647 g/mol. The molecule has 0 aliphatic rings. The summed E-state index contributed by atoms with van der Waals surface area (Å²) >= 11 is 0. The van der Waals surface area contributed by atoms with Gasteiger partial charge in [0.05, 0.1) is 17.9 Å². The molecule has 0 saturated carbocycles. The average Bonchev–Trinajstić information content (AvgIpc) is 3.08. The Morgan fingerprint density at radius 3 is 1.36 bits per heavy atom. The van der Waals surface area contributed by atoms with E-state index in [4.69, 9.17) is 0 Å². The first-order valence-electron chi connectivity index (χ1n) is 20.8. The van der Waals surface area contributed by atoms with Gasteiger partial charge in [-0.25, -0.2) is 0 Å². The molecule has 0 aromatic rings. The molecule has 0 aromatic carbocycles. The third-order valence-electron chi connectivity index (χ3n) is 9.45. The fraction of sp³-hybridized carbons (Fsp3) is 0.833. The Balaban J connectivity index is 4.05. The predicted molar refractivity (Wildman–Crippen MR) is 213 cm³/mol. The number of rotatable bonds is 37. The highest BCUT2D eigenvalue weighted by Gasteiger charge is 2.27. The minimum atomic E-state index is -4.44. The summed E-state index contributed by atoms with van der Waals surface area (Å²) in [4.78, 5) is 12.6. The van der Waals surface area contributed by atoms with Crippen LogP contribution < -0.4 is 5.32 Å². The van der Waals surface area contributed by atoms with Crippen molar-refractivity contribution in [1.29, 1.82) is 0 Å². The highest BCUT2D eigenvalue weighted by atomic mass is 32.2. The van der Waals surface area contributed by atoms with Gasteiger partial charge in [-0.15, -0.1) is 0 Å². The van der Waals surface area contributed by atoms with Crippen LogP contribution in [0.5, 0.6) is 0 Å². The molecule has 50 heavy (non-hydrogen) atoms. The normalized spacial score (nSPS) is 14.3. The fourth-order valence-corrected chi connectivity index (χ4v) is 6.95. The number of amides is 1. The molecule has 3 unspecified atom stereocenters. The number of carbonyl (C=O) groups excluding carboxylic acids is 1. The van der Waals surface area contributed by atoms with E-state index in [-0.39, 0.29) is 6.42 Å². The average molecular weight is 726 g/mol. The van der Waals surface area contributed by atoms with E-state index in [1.807, 2.05) is 0 Å². The number of aliphatic hydroxyl groups is 2. The lowest BCUT2D eigenvalue weighted by Gasteiger charge is -2.22. The number of nitrogens with one attached hydrogen (secondary N) is 1. The van der Waals surface area contributed by atoms with Gasteiger partial charge in [-0.05, 0) is 44.9 Å². The first-order chi connectivity index (χ1) is 24.2. The highest BCUT2D eigenvalue weighted by Crippen LogP contribution is 2.15. The van der Waals surface area contributed by atoms with Crippen molar-refractivity contribution in [3.8, 4) is 0 Å². The monoisotopic (exact) mass is 726 g/mol. The van der Waals surface area contributed by atoms with Gasteiger partial charge in [-0.1, -0.05) is 192 Å². The van der Waals surface area contributed by atoms with E-state index in [1.165, 1.54) is 122 Å². The molecule has 0 rings (SSSR count). The van der Waals surface area contributed by atoms with Crippen LogP contribution in [0, 0.1) is 0 Å². The second kappa shape index (κ2) is 35.9. The summed E-state index contributed by atoms with van der Waals surface area (Å²) in [5.74, 6) is -1.55. The van der Waals surface area contributed by atoms with E-state index in [0.29, 0.717) is 6.42 Å². The predicted octanol–water partition coefficient (Wildman–Crippen LogP) is 11.1. The number of hydrogen-bond acceptors (Lipinski definition) is 5. The number of unbranched alkanes of at least 4 members (excludes halogenated alkanes) is 25. The van der Waals surface area contributed by atoms with E-state index < -0.39 is 40.0 Å². The zero-order valence-corrected chi connectivity index (χ0v) is 33.2. The molecular formula is C42H79NO6S. The second-order valence-electron chi connectivity index (χ2n) is 14.4. The van der Waals surface area contributed by atoms with E-state index in [2.05, 4.69) is 43.5 Å². The zero-order valence-electron chi connectivity index (χ0n) is 32.4. The molecule has 3 atom stereocenters. The highest BCUT2D eigenvalue weighted by molar-refractivity contribution is 7.85. The number of allylic oxidation sites excluding steroid dienone is 5. The van der Waals surface area contributed by atoms with Gasteiger partial charge in [0.25, 0.3) is 10.1 Å². The topological polar surface area (TPSA) is 124 Å². The van der Waals surface area contributed by atoms with Gasteiger partial charge in [-0.2, -0.15) is 8.42 Å². The Hall–Kier alpha value is -1.48. The molecule has 0 heterocycles. The first kappa shape index (κ1) is 48.5. The third-order valence-corrected chi connectivity index (χ3v) is 10.2. The summed E-state index contributed by atoms with van der Waals surface area (Å²) in [5, 5.41) is 23.4. The van der Waals surface area contributed by atoms with Gasteiger partial charge in [-0.3, -0.25) is 9.35 Å². The Bertz CT molecular complexity index is 948. The summed E-state index contributed by atoms with van der Waals surface area (Å²) in [6, 6.07) is -1.24. The maximum Gasteiger partial charge on any atom is 0.267 e. The number of carbonyl (C=O) groups is 1. The van der Waals surface area contributed by atoms with E-state index in [1.54, 1.807) is 6.08 Å². The van der Waals surface area contributed by atoms with Crippen LogP contribution in [0.4, 0.5) is 0 Å². The summed E-state index contributed by atoms with van der Waals surface area (Å²) in [5.41, 5.74) is 0. The number of hydrogen-bond donors (Lipinski definition) is 4.